The number of carbonyl (C=O) groups excluding carboxylic acids is 1. The lowest BCUT2D eigenvalue weighted by atomic mass is 10.1. The van der Waals surface area contributed by atoms with Gasteiger partial charge < -0.3 is 15.2 Å². The SMILES string of the molecule is CCC(C)CC(=O)Nc1ccc(OCCCC(=O)O)cc1. The number of carbonyl (C=O) groups is 2. The summed E-state index contributed by atoms with van der Waals surface area (Å²) in [6.07, 6.45) is 2.08. The molecule has 1 rings (SSSR count). The second-order valence-electron chi connectivity index (χ2n) is 5.14. The fourth-order valence-corrected chi connectivity index (χ4v) is 1.72. The fraction of sp³-hybridized carbons (Fsp3) is 0.500. The number of amides is 1. The maximum Gasteiger partial charge on any atom is 0.303 e. The van der Waals surface area contributed by atoms with E-state index in [9.17, 15) is 9.59 Å². The first-order valence-electron chi connectivity index (χ1n) is 7.25. The summed E-state index contributed by atoms with van der Waals surface area (Å²) in [4.78, 5) is 22.1. The molecule has 116 valence electrons. The van der Waals surface area contributed by atoms with Gasteiger partial charge in [0.1, 0.15) is 5.75 Å². The van der Waals surface area contributed by atoms with Crippen molar-refractivity contribution in [2.75, 3.05) is 11.9 Å². The second kappa shape index (κ2) is 9.00. The predicted molar refractivity (Wildman–Crippen MR) is 81.5 cm³/mol. The van der Waals surface area contributed by atoms with E-state index in [-0.39, 0.29) is 12.3 Å². The van der Waals surface area contributed by atoms with Crippen LogP contribution < -0.4 is 10.1 Å². The average molecular weight is 293 g/mol. The summed E-state index contributed by atoms with van der Waals surface area (Å²) in [5.74, 6) is 0.236. The molecule has 2 N–H and O–H groups in total. The van der Waals surface area contributed by atoms with Gasteiger partial charge in [-0.05, 0) is 36.6 Å². The van der Waals surface area contributed by atoms with Crippen LogP contribution in [0, 0.1) is 5.92 Å². The normalized spacial score (nSPS) is 11.7. The molecule has 0 saturated carbocycles. The largest absolute Gasteiger partial charge is 0.494 e. The van der Waals surface area contributed by atoms with Gasteiger partial charge in [0, 0.05) is 18.5 Å². The molecular formula is C16H23NO4. The monoisotopic (exact) mass is 293 g/mol. The Morgan fingerprint density at radius 1 is 1.29 bits per heavy atom. The van der Waals surface area contributed by atoms with Crippen molar-refractivity contribution in [1.29, 1.82) is 0 Å². The minimum atomic E-state index is -0.821. The molecule has 0 saturated heterocycles. The quantitative estimate of drug-likeness (QED) is 0.685. The lowest BCUT2D eigenvalue weighted by Crippen LogP contribution is -2.14. The molecule has 0 radical (unpaired) electrons. The Labute approximate surface area is 125 Å². The number of rotatable bonds is 9. The highest BCUT2D eigenvalue weighted by molar-refractivity contribution is 5.90. The van der Waals surface area contributed by atoms with Gasteiger partial charge in [-0.1, -0.05) is 20.3 Å². The number of benzene rings is 1. The Kier molecular flexibility index (Phi) is 7.29. The predicted octanol–water partition coefficient (Wildman–Crippen LogP) is 3.30. The molecule has 1 atom stereocenters. The summed E-state index contributed by atoms with van der Waals surface area (Å²) < 4.78 is 5.42. The van der Waals surface area contributed by atoms with Gasteiger partial charge in [-0.3, -0.25) is 9.59 Å². The highest BCUT2D eigenvalue weighted by Crippen LogP contribution is 2.17. The minimum Gasteiger partial charge on any atom is -0.494 e. The fourth-order valence-electron chi connectivity index (χ4n) is 1.72. The van der Waals surface area contributed by atoms with Crippen molar-refractivity contribution in [2.45, 2.75) is 39.5 Å². The van der Waals surface area contributed by atoms with Crippen molar-refractivity contribution < 1.29 is 19.4 Å². The number of ether oxygens (including phenoxy) is 1. The number of anilines is 1. The third-order valence-corrected chi connectivity index (χ3v) is 3.17. The second-order valence-corrected chi connectivity index (χ2v) is 5.14. The van der Waals surface area contributed by atoms with Crippen LogP contribution in [0.3, 0.4) is 0 Å². The van der Waals surface area contributed by atoms with Gasteiger partial charge in [-0.15, -0.1) is 0 Å². The van der Waals surface area contributed by atoms with Crippen molar-refractivity contribution in [2.24, 2.45) is 5.92 Å². The van der Waals surface area contributed by atoms with E-state index in [1.165, 1.54) is 0 Å². The molecule has 1 amide bonds. The van der Waals surface area contributed by atoms with E-state index in [1.54, 1.807) is 24.3 Å². The minimum absolute atomic E-state index is 0.0134. The van der Waals surface area contributed by atoms with Gasteiger partial charge in [-0.25, -0.2) is 0 Å². The molecule has 0 heterocycles. The van der Waals surface area contributed by atoms with Gasteiger partial charge in [0.05, 0.1) is 6.61 Å². The van der Waals surface area contributed by atoms with Gasteiger partial charge in [0.25, 0.3) is 0 Å². The summed E-state index contributed by atoms with van der Waals surface area (Å²) in [5.41, 5.74) is 0.737. The zero-order valence-electron chi connectivity index (χ0n) is 12.6. The van der Waals surface area contributed by atoms with Crippen molar-refractivity contribution in [3.8, 4) is 5.75 Å². The van der Waals surface area contributed by atoms with Gasteiger partial charge in [0.2, 0.25) is 5.91 Å². The number of carboxylic acids is 1. The molecule has 0 spiro atoms. The number of nitrogens with one attached hydrogen (secondary N) is 1. The van der Waals surface area contributed by atoms with E-state index in [2.05, 4.69) is 12.2 Å². The molecule has 0 fully saturated rings. The summed E-state index contributed by atoms with van der Waals surface area (Å²) >= 11 is 0. The van der Waals surface area contributed by atoms with Gasteiger partial charge >= 0.3 is 5.97 Å². The molecule has 0 aliphatic rings. The molecule has 0 bridgehead atoms. The molecule has 5 heteroatoms. The van der Waals surface area contributed by atoms with Crippen LogP contribution in [0.2, 0.25) is 0 Å². The van der Waals surface area contributed by atoms with Crippen LogP contribution in [-0.2, 0) is 9.59 Å². The number of hydrogen-bond acceptors (Lipinski definition) is 3. The highest BCUT2D eigenvalue weighted by Gasteiger charge is 2.07. The van der Waals surface area contributed by atoms with Crippen LogP contribution in [0.15, 0.2) is 24.3 Å². The Bertz CT molecular complexity index is 456. The maximum atomic E-state index is 11.7. The van der Waals surface area contributed by atoms with Gasteiger partial charge in [0.15, 0.2) is 0 Å². The Balaban J connectivity index is 2.36. The van der Waals surface area contributed by atoms with E-state index in [1.807, 2.05) is 6.92 Å². The van der Waals surface area contributed by atoms with E-state index in [0.717, 1.165) is 12.1 Å². The third-order valence-electron chi connectivity index (χ3n) is 3.17. The van der Waals surface area contributed by atoms with E-state index >= 15 is 0 Å². The molecule has 1 unspecified atom stereocenters. The highest BCUT2D eigenvalue weighted by atomic mass is 16.5. The molecule has 1 aromatic rings. The van der Waals surface area contributed by atoms with Crippen molar-refractivity contribution in [3.63, 3.8) is 0 Å². The lowest BCUT2D eigenvalue weighted by Gasteiger charge is -2.10. The van der Waals surface area contributed by atoms with Crippen molar-refractivity contribution >= 4 is 17.6 Å². The van der Waals surface area contributed by atoms with Crippen molar-refractivity contribution in [3.05, 3.63) is 24.3 Å². The molecule has 21 heavy (non-hydrogen) atoms. The Hall–Kier alpha value is -2.04. The van der Waals surface area contributed by atoms with Crippen LogP contribution in [0.25, 0.3) is 0 Å². The van der Waals surface area contributed by atoms with Crippen LogP contribution in [-0.4, -0.2) is 23.6 Å². The van der Waals surface area contributed by atoms with Crippen LogP contribution >= 0.6 is 0 Å². The van der Waals surface area contributed by atoms with Crippen LogP contribution in [0.4, 0.5) is 5.69 Å². The molecule has 0 aliphatic heterocycles. The molecule has 1 aromatic carbocycles. The Morgan fingerprint density at radius 2 is 1.95 bits per heavy atom. The van der Waals surface area contributed by atoms with E-state index < -0.39 is 5.97 Å². The topological polar surface area (TPSA) is 75.6 Å². The summed E-state index contributed by atoms with van der Waals surface area (Å²) in [6, 6.07) is 7.08. The summed E-state index contributed by atoms with van der Waals surface area (Å²) in [5, 5.41) is 11.4. The smallest absolute Gasteiger partial charge is 0.303 e. The Morgan fingerprint density at radius 3 is 2.52 bits per heavy atom. The zero-order chi connectivity index (χ0) is 15.7. The van der Waals surface area contributed by atoms with E-state index in [0.29, 0.717) is 31.1 Å². The molecule has 0 aromatic heterocycles. The number of aliphatic carboxylic acids is 1. The van der Waals surface area contributed by atoms with Gasteiger partial charge in [-0.2, -0.15) is 0 Å². The third kappa shape index (κ3) is 7.34. The average Bonchev–Trinajstić information content (AvgIpc) is 2.44. The zero-order valence-corrected chi connectivity index (χ0v) is 12.6. The van der Waals surface area contributed by atoms with E-state index in [4.69, 9.17) is 9.84 Å². The first-order valence-corrected chi connectivity index (χ1v) is 7.25. The number of carboxylic acid groups (broad SMARTS) is 1. The first-order chi connectivity index (χ1) is 10.0. The molecule has 5 nitrogen and oxygen atoms in total. The first kappa shape index (κ1) is 17.0. The number of hydrogen-bond donors (Lipinski definition) is 2. The molecule has 0 aliphatic carbocycles. The summed E-state index contributed by atoms with van der Waals surface area (Å²) in [6.45, 7) is 4.48. The standard InChI is InChI=1S/C16H23NO4/c1-3-12(2)11-15(18)17-13-6-8-14(9-7-13)21-10-4-5-16(19)20/h6-9,12H,3-5,10-11H2,1-2H3,(H,17,18)(H,19,20). The van der Waals surface area contributed by atoms with Crippen LogP contribution in [0.1, 0.15) is 39.5 Å². The lowest BCUT2D eigenvalue weighted by molar-refractivity contribution is -0.137. The molecular weight excluding hydrogens is 270 g/mol. The van der Waals surface area contributed by atoms with Crippen LogP contribution in [0.5, 0.6) is 5.75 Å². The summed E-state index contributed by atoms with van der Waals surface area (Å²) in [7, 11) is 0. The maximum absolute atomic E-state index is 11.7. The van der Waals surface area contributed by atoms with Crippen molar-refractivity contribution in [1.82, 2.24) is 0 Å².